The molecule has 0 saturated heterocycles. The molecule has 0 aliphatic heterocycles. The van der Waals surface area contributed by atoms with Gasteiger partial charge in [0, 0.05) is 24.9 Å². The molecule has 0 fully saturated rings. The summed E-state index contributed by atoms with van der Waals surface area (Å²) in [4.78, 5) is 37.9. The number of aryl methyl sites for hydroxylation is 2. The minimum atomic E-state index is -0.260. The number of amides is 1. The maximum atomic E-state index is 13.7. The van der Waals surface area contributed by atoms with Crippen molar-refractivity contribution in [2.45, 2.75) is 46.8 Å². The maximum absolute atomic E-state index is 13.7. The van der Waals surface area contributed by atoms with Gasteiger partial charge in [-0.2, -0.15) is 4.98 Å². The molecule has 0 aliphatic rings. The Morgan fingerprint density at radius 3 is 2.64 bits per heavy atom. The largest absolute Gasteiger partial charge is 0.337 e. The Morgan fingerprint density at radius 1 is 1.11 bits per heavy atom. The predicted octanol–water partition coefficient (Wildman–Crippen LogP) is 3.70. The zero-order chi connectivity index (χ0) is 25.2. The monoisotopic (exact) mass is 484 g/mol. The summed E-state index contributed by atoms with van der Waals surface area (Å²) in [6.07, 6.45) is 2.14. The third-order valence-corrected chi connectivity index (χ3v) is 6.36. The van der Waals surface area contributed by atoms with Gasteiger partial charge in [-0.25, -0.2) is 4.98 Å². The fraction of sp³-hybridized carbons (Fsp3) is 0.296. The van der Waals surface area contributed by atoms with Crippen LogP contribution in [0, 0.1) is 6.92 Å². The molecule has 9 nitrogen and oxygen atoms in total. The Labute approximate surface area is 208 Å². The zero-order valence-corrected chi connectivity index (χ0v) is 20.6. The highest BCUT2D eigenvalue weighted by molar-refractivity contribution is 6.06. The van der Waals surface area contributed by atoms with Crippen molar-refractivity contribution >= 4 is 27.8 Å². The highest BCUT2D eigenvalue weighted by Crippen LogP contribution is 2.27. The minimum Gasteiger partial charge on any atom is -0.337 e. The number of fused-ring (bicyclic) bond motifs is 3. The molecule has 5 aromatic rings. The van der Waals surface area contributed by atoms with E-state index in [4.69, 9.17) is 4.52 Å². The Balaban J connectivity index is 1.57. The minimum absolute atomic E-state index is 0.0329. The molecule has 2 aromatic carbocycles. The summed E-state index contributed by atoms with van der Waals surface area (Å²) in [5.74, 6) is 0.852. The van der Waals surface area contributed by atoms with Gasteiger partial charge < -0.3 is 14.0 Å². The van der Waals surface area contributed by atoms with Gasteiger partial charge in [-0.1, -0.05) is 54.0 Å². The second-order valence-electron chi connectivity index (χ2n) is 8.83. The molecule has 1 amide bonds. The highest BCUT2D eigenvalue weighted by Gasteiger charge is 2.21. The van der Waals surface area contributed by atoms with E-state index in [1.165, 1.54) is 10.9 Å². The number of carbonyl (C=O) groups is 1. The average molecular weight is 485 g/mol. The average Bonchev–Trinajstić information content (AvgIpc) is 3.47. The van der Waals surface area contributed by atoms with E-state index in [-0.39, 0.29) is 24.6 Å². The fourth-order valence-electron chi connectivity index (χ4n) is 4.45. The van der Waals surface area contributed by atoms with Gasteiger partial charge in [0.2, 0.25) is 11.8 Å². The van der Waals surface area contributed by atoms with E-state index in [0.29, 0.717) is 42.3 Å². The second kappa shape index (κ2) is 9.77. The molecule has 0 spiro atoms. The lowest BCUT2D eigenvalue weighted by Gasteiger charge is -2.22. The summed E-state index contributed by atoms with van der Waals surface area (Å²) in [5, 5.41) is 4.76. The first-order chi connectivity index (χ1) is 17.5. The Bertz CT molecular complexity index is 1600. The first kappa shape index (κ1) is 23.5. The van der Waals surface area contributed by atoms with Gasteiger partial charge in [0.15, 0.2) is 5.82 Å². The first-order valence-corrected chi connectivity index (χ1v) is 12.1. The van der Waals surface area contributed by atoms with Gasteiger partial charge in [0.1, 0.15) is 24.1 Å². The van der Waals surface area contributed by atoms with Crippen LogP contribution in [0.5, 0.6) is 0 Å². The van der Waals surface area contributed by atoms with Crippen LogP contribution in [0.15, 0.2) is 64.2 Å². The molecule has 3 aromatic heterocycles. The Kier molecular flexibility index (Phi) is 6.37. The number of benzene rings is 2. The van der Waals surface area contributed by atoms with Crippen LogP contribution in [0.4, 0.5) is 0 Å². The van der Waals surface area contributed by atoms with Gasteiger partial charge in [0.25, 0.3) is 5.56 Å². The molecule has 3 heterocycles. The summed E-state index contributed by atoms with van der Waals surface area (Å²) in [6.45, 7) is 7.09. The third-order valence-electron chi connectivity index (χ3n) is 6.36. The van der Waals surface area contributed by atoms with E-state index in [9.17, 15) is 9.59 Å². The molecular weight excluding hydrogens is 456 g/mol. The third kappa shape index (κ3) is 4.39. The Morgan fingerprint density at radius 2 is 1.92 bits per heavy atom. The van der Waals surface area contributed by atoms with Crippen molar-refractivity contribution in [3.8, 4) is 0 Å². The molecule has 0 atom stereocenters. The van der Waals surface area contributed by atoms with Gasteiger partial charge in [0.05, 0.1) is 11.8 Å². The van der Waals surface area contributed by atoms with Crippen LogP contribution in [0.3, 0.4) is 0 Å². The topological polar surface area (TPSA) is 99.0 Å². The quantitative estimate of drug-likeness (QED) is 0.333. The van der Waals surface area contributed by atoms with Crippen molar-refractivity contribution in [1.82, 2.24) is 29.2 Å². The predicted molar refractivity (Wildman–Crippen MR) is 137 cm³/mol. The first-order valence-electron chi connectivity index (χ1n) is 12.1. The molecule has 0 saturated carbocycles. The lowest BCUT2D eigenvalue weighted by Crippen LogP contribution is -2.34. The van der Waals surface area contributed by atoms with Crippen LogP contribution in [0.1, 0.15) is 36.7 Å². The second-order valence-corrected chi connectivity index (χ2v) is 8.83. The summed E-state index contributed by atoms with van der Waals surface area (Å²) in [6, 6.07) is 15.8. The standard InChI is InChI=1S/C27H28N6O3/c1-4-22-29-23(36-30-22)15-32-17-28-25-20-13-18(3)11-12-21(20)33(26(25)27(32)35)16-24(34)31(5-2)14-19-9-7-6-8-10-19/h6-13,17H,4-5,14-16H2,1-3H3. The van der Waals surface area contributed by atoms with Gasteiger partial charge in [-0.15, -0.1) is 0 Å². The molecule has 5 rings (SSSR count). The van der Waals surface area contributed by atoms with E-state index in [0.717, 1.165) is 22.0 Å². The molecule has 0 radical (unpaired) electrons. The summed E-state index contributed by atoms with van der Waals surface area (Å²) >= 11 is 0. The van der Waals surface area contributed by atoms with Crippen molar-refractivity contribution in [3.05, 3.63) is 88.1 Å². The van der Waals surface area contributed by atoms with E-state index < -0.39 is 0 Å². The molecular formula is C27H28N6O3. The van der Waals surface area contributed by atoms with Crippen LogP contribution in [0.25, 0.3) is 21.9 Å². The van der Waals surface area contributed by atoms with Crippen molar-refractivity contribution in [3.63, 3.8) is 0 Å². The fourth-order valence-corrected chi connectivity index (χ4v) is 4.45. The number of rotatable bonds is 8. The molecule has 9 heteroatoms. The van der Waals surface area contributed by atoms with Crippen LogP contribution in [0.2, 0.25) is 0 Å². The van der Waals surface area contributed by atoms with E-state index in [1.54, 1.807) is 9.47 Å². The van der Waals surface area contributed by atoms with Crippen molar-refractivity contribution < 1.29 is 9.32 Å². The Hall–Kier alpha value is -4.27. The van der Waals surface area contributed by atoms with Gasteiger partial charge in [-0.05, 0) is 31.5 Å². The molecule has 0 bridgehead atoms. The SMILES string of the molecule is CCc1noc(Cn2cnc3c4cc(C)ccc4n(CC(=O)N(CC)Cc4ccccc4)c3c2=O)n1. The number of likely N-dealkylation sites (N-methyl/N-ethyl adjacent to an activating group) is 1. The number of aromatic nitrogens is 5. The molecule has 0 unspecified atom stereocenters. The van der Waals surface area contributed by atoms with Crippen LogP contribution in [-0.4, -0.2) is 41.6 Å². The smallest absolute Gasteiger partial charge is 0.278 e. The molecule has 36 heavy (non-hydrogen) atoms. The van der Waals surface area contributed by atoms with Crippen molar-refractivity contribution in [2.24, 2.45) is 0 Å². The van der Waals surface area contributed by atoms with Crippen LogP contribution < -0.4 is 5.56 Å². The van der Waals surface area contributed by atoms with Gasteiger partial charge in [-0.3, -0.25) is 14.2 Å². The molecule has 184 valence electrons. The van der Waals surface area contributed by atoms with E-state index in [1.807, 2.05) is 69.3 Å². The number of hydrogen-bond donors (Lipinski definition) is 0. The molecule has 0 aliphatic carbocycles. The number of nitrogens with zero attached hydrogens (tertiary/aromatic N) is 6. The van der Waals surface area contributed by atoms with E-state index in [2.05, 4.69) is 15.1 Å². The van der Waals surface area contributed by atoms with Crippen LogP contribution in [-0.2, 0) is 30.8 Å². The lowest BCUT2D eigenvalue weighted by atomic mass is 10.1. The van der Waals surface area contributed by atoms with Crippen molar-refractivity contribution in [2.75, 3.05) is 6.54 Å². The lowest BCUT2D eigenvalue weighted by molar-refractivity contribution is -0.132. The van der Waals surface area contributed by atoms with E-state index >= 15 is 0 Å². The maximum Gasteiger partial charge on any atom is 0.278 e. The summed E-state index contributed by atoms with van der Waals surface area (Å²) in [7, 11) is 0. The zero-order valence-electron chi connectivity index (χ0n) is 20.6. The number of hydrogen-bond acceptors (Lipinski definition) is 6. The normalized spacial score (nSPS) is 11.4. The van der Waals surface area contributed by atoms with Crippen molar-refractivity contribution in [1.29, 1.82) is 0 Å². The molecule has 0 N–H and O–H groups in total. The summed E-state index contributed by atoms with van der Waals surface area (Å²) in [5.41, 5.74) is 3.61. The number of carbonyl (C=O) groups excluding carboxylic acids is 1. The summed E-state index contributed by atoms with van der Waals surface area (Å²) < 4.78 is 8.52. The highest BCUT2D eigenvalue weighted by atomic mass is 16.5. The van der Waals surface area contributed by atoms with Crippen LogP contribution >= 0.6 is 0 Å². The van der Waals surface area contributed by atoms with Gasteiger partial charge >= 0.3 is 0 Å².